The minimum atomic E-state index is -0.681. The summed E-state index contributed by atoms with van der Waals surface area (Å²) in [6.45, 7) is 2.45. The number of rotatable bonds is 2. The average molecular weight is 199 g/mol. The maximum Gasteiger partial charge on any atom is 0.179 e. The molecular weight excluding hydrogens is 188 g/mol. The number of carbonyl (C=O) groups is 1. The topological polar surface area (TPSA) is 43.1 Å². The molecule has 14 heavy (non-hydrogen) atoms. The minimum Gasteiger partial charge on any atom is -0.324 e. The van der Waals surface area contributed by atoms with Crippen LogP contribution in [0.25, 0.3) is 0 Å². The Bertz CT molecular complexity index is 362. The Morgan fingerprint density at radius 2 is 2.00 bits per heavy atom. The smallest absolute Gasteiger partial charge is 0.179 e. The summed E-state index contributed by atoms with van der Waals surface area (Å²) in [4.78, 5) is 11.2. The van der Waals surface area contributed by atoms with Crippen LogP contribution in [0.15, 0.2) is 6.07 Å². The molecule has 0 amide bonds. The summed E-state index contributed by atoms with van der Waals surface area (Å²) in [6, 6.07) is 1.07. The Balaban J connectivity index is 3.47. The molecule has 0 saturated carbocycles. The van der Waals surface area contributed by atoms with Crippen molar-refractivity contribution in [3.05, 3.63) is 34.4 Å². The molecule has 76 valence electrons. The van der Waals surface area contributed by atoms with Gasteiger partial charge in [-0.1, -0.05) is 0 Å². The van der Waals surface area contributed by atoms with Gasteiger partial charge in [-0.25, -0.2) is 8.78 Å². The van der Waals surface area contributed by atoms with Crippen LogP contribution in [-0.2, 0) is 0 Å². The first-order chi connectivity index (χ1) is 6.49. The second-order valence-electron chi connectivity index (χ2n) is 3.12. The normalized spacial score (nSPS) is 10.4. The molecule has 0 atom stereocenters. The van der Waals surface area contributed by atoms with E-state index in [0.29, 0.717) is 0 Å². The highest BCUT2D eigenvalue weighted by Crippen LogP contribution is 2.20. The van der Waals surface area contributed by atoms with Crippen molar-refractivity contribution in [2.75, 3.05) is 6.54 Å². The minimum absolute atomic E-state index is 0.0172. The van der Waals surface area contributed by atoms with Crippen LogP contribution >= 0.6 is 0 Å². The van der Waals surface area contributed by atoms with Gasteiger partial charge in [-0.2, -0.15) is 0 Å². The van der Waals surface area contributed by atoms with Gasteiger partial charge in [-0.05, 0) is 31.0 Å². The van der Waals surface area contributed by atoms with Gasteiger partial charge in [0, 0.05) is 0 Å². The number of benzene rings is 1. The molecule has 0 aliphatic rings. The first kappa shape index (κ1) is 10.8. The summed E-state index contributed by atoms with van der Waals surface area (Å²) in [5.41, 5.74) is 5.00. The Kier molecular flexibility index (Phi) is 2.96. The molecule has 0 aliphatic heterocycles. The van der Waals surface area contributed by atoms with E-state index in [-0.39, 0.29) is 23.2 Å². The van der Waals surface area contributed by atoms with E-state index in [4.69, 9.17) is 5.73 Å². The molecule has 4 heteroatoms. The van der Waals surface area contributed by atoms with E-state index < -0.39 is 17.4 Å². The number of halogens is 2. The quantitative estimate of drug-likeness (QED) is 0.737. The molecule has 1 aromatic carbocycles. The van der Waals surface area contributed by atoms with Crippen molar-refractivity contribution >= 4 is 5.78 Å². The van der Waals surface area contributed by atoms with E-state index in [1.165, 1.54) is 13.8 Å². The van der Waals surface area contributed by atoms with Crippen molar-refractivity contribution in [3.8, 4) is 0 Å². The Hall–Kier alpha value is -1.29. The van der Waals surface area contributed by atoms with Gasteiger partial charge in [0.05, 0.1) is 12.1 Å². The summed E-state index contributed by atoms with van der Waals surface area (Å²) >= 11 is 0. The summed E-state index contributed by atoms with van der Waals surface area (Å²) in [5, 5.41) is 0. The van der Waals surface area contributed by atoms with Gasteiger partial charge in [0.15, 0.2) is 5.78 Å². The average Bonchev–Trinajstić information content (AvgIpc) is 2.15. The zero-order valence-corrected chi connectivity index (χ0v) is 8.03. The third-order valence-corrected chi connectivity index (χ3v) is 2.11. The number of nitrogens with two attached hydrogens (primary N) is 1. The lowest BCUT2D eigenvalue weighted by molar-refractivity contribution is 0.0996. The van der Waals surface area contributed by atoms with Crippen LogP contribution in [-0.4, -0.2) is 12.3 Å². The molecule has 1 aromatic rings. The molecule has 0 aromatic heterocycles. The molecule has 0 spiro atoms. The lowest BCUT2D eigenvalue weighted by Crippen LogP contribution is -2.18. The predicted molar refractivity (Wildman–Crippen MR) is 49.2 cm³/mol. The number of hydrogen-bond acceptors (Lipinski definition) is 2. The molecule has 2 N–H and O–H groups in total. The van der Waals surface area contributed by atoms with Crippen molar-refractivity contribution < 1.29 is 13.6 Å². The van der Waals surface area contributed by atoms with Gasteiger partial charge in [-0.3, -0.25) is 4.79 Å². The predicted octanol–water partition coefficient (Wildman–Crippen LogP) is 1.72. The van der Waals surface area contributed by atoms with Gasteiger partial charge >= 0.3 is 0 Å². The fourth-order valence-electron chi connectivity index (χ4n) is 1.28. The lowest BCUT2D eigenvalue weighted by atomic mass is 10.0. The SMILES string of the molecule is Cc1cc(F)c(C)c(C(=O)CN)c1F. The standard InChI is InChI=1S/C10H11F2NO/c1-5-3-7(11)6(2)9(10(5)12)8(14)4-13/h3H,4,13H2,1-2H3. The van der Waals surface area contributed by atoms with E-state index in [1.807, 2.05) is 0 Å². The molecular formula is C10H11F2NO. The van der Waals surface area contributed by atoms with E-state index in [1.54, 1.807) is 0 Å². The molecule has 0 aliphatic carbocycles. The lowest BCUT2D eigenvalue weighted by Gasteiger charge is -2.08. The van der Waals surface area contributed by atoms with Gasteiger partial charge in [0.2, 0.25) is 0 Å². The van der Waals surface area contributed by atoms with Crippen molar-refractivity contribution in [3.63, 3.8) is 0 Å². The largest absolute Gasteiger partial charge is 0.324 e. The van der Waals surface area contributed by atoms with E-state index in [9.17, 15) is 13.6 Å². The highest BCUT2D eigenvalue weighted by molar-refractivity contribution is 5.99. The van der Waals surface area contributed by atoms with E-state index in [2.05, 4.69) is 0 Å². The Labute approximate surface area is 80.7 Å². The molecule has 0 bridgehead atoms. The Morgan fingerprint density at radius 1 is 1.43 bits per heavy atom. The maximum atomic E-state index is 13.4. The molecule has 1 rings (SSSR count). The number of carbonyl (C=O) groups excluding carboxylic acids is 1. The maximum absolute atomic E-state index is 13.4. The van der Waals surface area contributed by atoms with Crippen LogP contribution < -0.4 is 5.73 Å². The van der Waals surface area contributed by atoms with Crippen LogP contribution in [0, 0.1) is 25.5 Å². The monoisotopic (exact) mass is 199 g/mol. The summed E-state index contributed by atoms with van der Waals surface area (Å²) in [6.07, 6.45) is 0. The first-order valence-corrected chi connectivity index (χ1v) is 4.17. The van der Waals surface area contributed by atoms with Crippen LogP contribution in [0.3, 0.4) is 0 Å². The van der Waals surface area contributed by atoms with Gasteiger partial charge in [0.25, 0.3) is 0 Å². The summed E-state index contributed by atoms with van der Waals surface area (Å²) < 4.78 is 26.6. The number of Topliss-reactive ketones (excluding diaryl/α,β-unsaturated/α-hetero) is 1. The van der Waals surface area contributed by atoms with Crippen LogP contribution in [0.5, 0.6) is 0 Å². The first-order valence-electron chi connectivity index (χ1n) is 4.17. The van der Waals surface area contributed by atoms with Gasteiger partial charge in [0.1, 0.15) is 11.6 Å². The third-order valence-electron chi connectivity index (χ3n) is 2.11. The van der Waals surface area contributed by atoms with Gasteiger partial charge < -0.3 is 5.73 Å². The fourth-order valence-corrected chi connectivity index (χ4v) is 1.28. The Morgan fingerprint density at radius 3 is 2.50 bits per heavy atom. The molecule has 0 fully saturated rings. The molecule has 0 heterocycles. The number of aryl methyl sites for hydroxylation is 1. The van der Waals surface area contributed by atoms with Crippen molar-refractivity contribution in [1.29, 1.82) is 0 Å². The van der Waals surface area contributed by atoms with Crippen molar-refractivity contribution in [1.82, 2.24) is 0 Å². The summed E-state index contributed by atoms with van der Waals surface area (Å²) in [5.74, 6) is -1.84. The third kappa shape index (κ3) is 1.65. The fraction of sp³-hybridized carbons (Fsp3) is 0.300. The number of ketones is 1. The number of hydrogen-bond donors (Lipinski definition) is 1. The van der Waals surface area contributed by atoms with Crippen molar-refractivity contribution in [2.45, 2.75) is 13.8 Å². The second kappa shape index (κ2) is 3.84. The zero-order valence-electron chi connectivity index (χ0n) is 8.03. The van der Waals surface area contributed by atoms with Crippen LogP contribution in [0.4, 0.5) is 8.78 Å². The highest BCUT2D eigenvalue weighted by Gasteiger charge is 2.18. The van der Waals surface area contributed by atoms with E-state index >= 15 is 0 Å². The van der Waals surface area contributed by atoms with Crippen LogP contribution in [0.2, 0.25) is 0 Å². The molecule has 2 nitrogen and oxygen atoms in total. The molecule has 0 radical (unpaired) electrons. The zero-order chi connectivity index (χ0) is 10.9. The second-order valence-corrected chi connectivity index (χ2v) is 3.12. The van der Waals surface area contributed by atoms with Crippen LogP contribution in [0.1, 0.15) is 21.5 Å². The molecule has 0 saturated heterocycles. The van der Waals surface area contributed by atoms with Crippen molar-refractivity contribution in [2.24, 2.45) is 5.73 Å². The van der Waals surface area contributed by atoms with E-state index in [0.717, 1.165) is 6.07 Å². The van der Waals surface area contributed by atoms with Gasteiger partial charge in [-0.15, -0.1) is 0 Å². The highest BCUT2D eigenvalue weighted by atomic mass is 19.1. The molecule has 0 unspecified atom stereocenters. The summed E-state index contributed by atoms with van der Waals surface area (Å²) in [7, 11) is 0.